The van der Waals surface area contributed by atoms with Gasteiger partial charge in [-0.2, -0.15) is 0 Å². The highest BCUT2D eigenvalue weighted by atomic mass is 16.5. The number of ether oxygens (including phenoxy) is 1. The minimum absolute atomic E-state index is 0.510. The predicted octanol–water partition coefficient (Wildman–Crippen LogP) is 4.28. The fourth-order valence-corrected chi connectivity index (χ4v) is 2.94. The van der Waals surface area contributed by atoms with Crippen LogP contribution < -0.4 is 5.32 Å². The van der Waals surface area contributed by atoms with E-state index in [4.69, 9.17) is 4.74 Å². The number of benzene rings is 1. The van der Waals surface area contributed by atoms with Crippen molar-refractivity contribution in [2.45, 2.75) is 52.0 Å². The van der Waals surface area contributed by atoms with Crippen molar-refractivity contribution in [3.05, 3.63) is 35.4 Å². The lowest BCUT2D eigenvalue weighted by Crippen LogP contribution is -2.29. The second-order valence-electron chi connectivity index (χ2n) is 6.41. The maximum absolute atomic E-state index is 5.68. The molecule has 0 saturated heterocycles. The standard InChI is InChI=1S/C18H29NO/c1-14(2)10-12-20-13-11-19-18-9-8-15(3)16-6-4-5-7-17(16)18/h4-7,14-15,18-19H,8-13H2,1-3H3. The van der Waals surface area contributed by atoms with E-state index in [0.717, 1.165) is 32.1 Å². The van der Waals surface area contributed by atoms with Crippen molar-refractivity contribution in [2.24, 2.45) is 5.92 Å². The highest BCUT2D eigenvalue weighted by Gasteiger charge is 2.23. The monoisotopic (exact) mass is 275 g/mol. The van der Waals surface area contributed by atoms with Gasteiger partial charge >= 0.3 is 0 Å². The van der Waals surface area contributed by atoms with Crippen molar-refractivity contribution in [3.63, 3.8) is 0 Å². The first kappa shape index (κ1) is 15.5. The molecule has 1 aromatic carbocycles. The van der Waals surface area contributed by atoms with Gasteiger partial charge in [-0.25, -0.2) is 0 Å². The Labute approximate surface area is 123 Å². The van der Waals surface area contributed by atoms with Gasteiger partial charge in [0.05, 0.1) is 6.61 Å². The second-order valence-corrected chi connectivity index (χ2v) is 6.41. The zero-order valence-corrected chi connectivity index (χ0v) is 13.2. The maximum atomic E-state index is 5.68. The van der Waals surface area contributed by atoms with Crippen LogP contribution in [-0.4, -0.2) is 19.8 Å². The number of nitrogens with one attached hydrogen (secondary N) is 1. The molecule has 0 heterocycles. The minimum Gasteiger partial charge on any atom is -0.380 e. The second kappa shape index (κ2) is 7.80. The van der Waals surface area contributed by atoms with Gasteiger partial charge in [0.15, 0.2) is 0 Å². The fourth-order valence-electron chi connectivity index (χ4n) is 2.94. The summed E-state index contributed by atoms with van der Waals surface area (Å²) in [5.74, 6) is 1.43. The summed E-state index contributed by atoms with van der Waals surface area (Å²) in [4.78, 5) is 0. The van der Waals surface area contributed by atoms with Crippen LogP contribution >= 0.6 is 0 Å². The van der Waals surface area contributed by atoms with Crippen molar-refractivity contribution < 1.29 is 4.74 Å². The van der Waals surface area contributed by atoms with Gasteiger partial charge in [-0.1, -0.05) is 45.0 Å². The molecule has 0 amide bonds. The topological polar surface area (TPSA) is 21.3 Å². The molecule has 0 radical (unpaired) electrons. The summed E-state index contributed by atoms with van der Waals surface area (Å²) in [7, 11) is 0. The molecule has 2 unspecified atom stereocenters. The van der Waals surface area contributed by atoms with Crippen LogP contribution in [-0.2, 0) is 4.74 Å². The Morgan fingerprint density at radius 1 is 1.15 bits per heavy atom. The van der Waals surface area contributed by atoms with E-state index >= 15 is 0 Å². The molecule has 0 saturated carbocycles. The molecular weight excluding hydrogens is 246 g/mol. The molecule has 2 rings (SSSR count). The molecule has 2 atom stereocenters. The molecule has 0 aromatic heterocycles. The van der Waals surface area contributed by atoms with Gasteiger partial charge in [0.25, 0.3) is 0 Å². The third kappa shape index (κ3) is 4.32. The van der Waals surface area contributed by atoms with Crippen molar-refractivity contribution >= 4 is 0 Å². The Balaban J connectivity index is 1.76. The molecule has 1 aliphatic carbocycles. The Kier molecular flexibility index (Phi) is 6.06. The van der Waals surface area contributed by atoms with Gasteiger partial charge in [-0.05, 0) is 42.2 Å². The van der Waals surface area contributed by atoms with E-state index in [1.807, 2.05) is 0 Å². The molecule has 2 heteroatoms. The summed E-state index contributed by atoms with van der Waals surface area (Å²) in [5.41, 5.74) is 3.02. The minimum atomic E-state index is 0.510. The Hall–Kier alpha value is -0.860. The van der Waals surface area contributed by atoms with E-state index < -0.39 is 0 Å². The molecular formula is C18H29NO. The normalized spacial score (nSPS) is 22.0. The average Bonchev–Trinajstić information content (AvgIpc) is 2.45. The fraction of sp³-hybridized carbons (Fsp3) is 0.667. The van der Waals surface area contributed by atoms with Gasteiger partial charge < -0.3 is 10.1 Å². The van der Waals surface area contributed by atoms with Gasteiger partial charge in [-0.3, -0.25) is 0 Å². The number of rotatable bonds is 7. The Bertz CT molecular complexity index is 402. The van der Waals surface area contributed by atoms with Crippen LogP contribution in [0.3, 0.4) is 0 Å². The lowest BCUT2D eigenvalue weighted by molar-refractivity contribution is 0.122. The van der Waals surface area contributed by atoms with E-state index in [9.17, 15) is 0 Å². The predicted molar refractivity (Wildman–Crippen MR) is 85.1 cm³/mol. The molecule has 112 valence electrons. The molecule has 20 heavy (non-hydrogen) atoms. The van der Waals surface area contributed by atoms with Gasteiger partial charge in [-0.15, -0.1) is 0 Å². The summed E-state index contributed by atoms with van der Waals surface area (Å²) in [6, 6.07) is 9.39. The molecule has 0 aliphatic heterocycles. The van der Waals surface area contributed by atoms with Gasteiger partial charge in [0, 0.05) is 19.2 Å². The first-order chi connectivity index (χ1) is 9.68. The van der Waals surface area contributed by atoms with E-state index in [1.54, 1.807) is 0 Å². The van der Waals surface area contributed by atoms with E-state index in [1.165, 1.54) is 24.0 Å². The SMILES string of the molecule is CC(C)CCOCCNC1CCC(C)c2ccccc21. The lowest BCUT2D eigenvalue weighted by atomic mass is 9.81. The molecule has 2 nitrogen and oxygen atoms in total. The summed E-state index contributed by atoms with van der Waals surface area (Å²) >= 11 is 0. The van der Waals surface area contributed by atoms with E-state index in [-0.39, 0.29) is 0 Å². The molecule has 0 fully saturated rings. The van der Waals surface area contributed by atoms with Crippen LogP contribution in [0.1, 0.15) is 63.1 Å². The van der Waals surface area contributed by atoms with Crippen LogP contribution in [0.4, 0.5) is 0 Å². The quantitative estimate of drug-likeness (QED) is 0.750. The summed E-state index contributed by atoms with van der Waals surface area (Å²) in [6.45, 7) is 9.47. The largest absolute Gasteiger partial charge is 0.380 e. The lowest BCUT2D eigenvalue weighted by Gasteiger charge is -2.30. The summed E-state index contributed by atoms with van der Waals surface area (Å²) in [6.07, 6.45) is 3.68. The van der Waals surface area contributed by atoms with E-state index in [2.05, 4.69) is 50.4 Å². The third-order valence-corrected chi connectivity index (χ3v) is 4.27. The average molecular weight is 275 g/mol. The first-order valence-corrected chi connectivity index (χ1v) is 8.08. The molecule has 1 aliphatic rings. The Morgan fingerprint density at radius 3 is 2.65 bits per heavy atom. The smallest absolute Gasteiger partial charge is 0.0591 e. The molecule has 1 aromatic rings. The van der Waals surface area contributed by atoms with Crippen molar-refractivity contribution in [1.29, 1.82) is 0 Å². The van der Waals surface area contributed by atoms with Crippen molar-refractivity contribution in [2.75, 3.05) is 19.8 Å². The first-order valence-electron chi connectivity index (χ1n) is 8.08. The number of hydrogen-bond donors (Lipinski definition) is 1. The van der Waals surface area contributed by atoms with Crippen LogP contribution in [0.2, 0.25) is 0 Å². The number of hydrogen-bond acceptors (Lipinski definition) is 2. The number of fused-ring (bicyclic) bond motifs is 1. The summed E-state index contributed by atoms with van der Waals surface area (Å²) < 4.78 is 5.68. The Morgan fingerprint density at radius 2 is 1.90 bits per heavy atom. The maximum Gasteiger partial charge on any atom is 0.0591 e. The molecule has 1 N–H and O–H groups in total. The van der Waals surface area contributed by atoms with Crippen molar-refractivity contribution in [1.82, 2.24) is 5.32 Å². The zero-order chi connectivity index (χ0) is 14.4. The summed E-state index contributed by atoms with van der Waals surface area (Å²) in [5, 5.41) is 3.66. The van der Waals surface area contributed by atoms with Crippen LogP contribution in [0.15, 0.2) is 24.3 Å². The third-order valence-electron chi connectivity index (χ3n) is 4.27. The highest BCUT2D eigenvalue weighted by Crippen LogP contribution is 2.36. The van der Waals surface area contributed by atoms with Gasteiger partial charge in [0.1, 0.15) is 0 Å². The zero-order valence-electron chi connectivity index (χ0n) is 13.2. The van der Waals surface area contributed by atoms with E-state index in [0.29, 0.717) is 12.0 Å². The molecule has 0 bridgehead atoms. The molecule has 0 spiro atoms. The van der Waals surface area contributed by atoms with Crippen LogP contribution in [0.25, 0.3) is 0 Å². The van der Waals surface area contributed by atoms with Crippen LogP contribution in [0.5, 0.6) is 0 Å². The van der Waals surface area contributed by atoms with Crippen LogP contribution in [0, 0.1) is 5.92 Å². The van der Waals surface area contributed by atoms with Crippen molar-refractivity contribution in [3.8, 4) is 0 Å². The van der Waals surface area contributed by atoms with Gasteiger partial charge in [0.2, 0.25) is 0 Å². The highest BCUT2D eigenvalue weighted by molar-refractivity contribution is 5.34.